The van der Waals surface area contributed by atoms with Crippen molar-refractivity contribution in [2.24, 2.45) is 0 Å². The van der Waals surface area contributed by atoms with Gasteiger partial charge in [0.2, 0.25) is 0 Å². The summed E-state index contributed by atoms with van der Waals surface area (Å²) in [6, 6.07) is 9.30. The van der Waals surface area contributed by atoms with Crippen molar-refractivity contribution >= 4 is 26.6 Å². The van der Waals surface area contributed by atoms with Crippen molar-refractivity contribution in [3.8, 4) is 0 Å². The van der Waals surface area contributed by atoms with Crippen molar-refractivity contribution in [2.75, 3.05) is 5.73 Å². The summed E-state index contributed by atoms with van der Waals surface area (Å²) in [5.41, 5.74) is 6.13. The molecule has 0 bridgehead atoms. The van der Waals surface area contributed by atoms with Gasteiger partial charge in [0.25, 0.3) is 0 Å². The molecule has 0 aromatic heterocycles. The Morgan fingerprint density at radius 3 is 2.12 bits per heavy atom. The average Bonchev–Trinajstić information content (AvgIpc) is 2.17. The molecule has 0 aliphatic heterocycles. The fraction of sp³-hybridized carbons (Fsp3) is 0. The molecule has 2 aromatic rings. The van der Waals surface area contributed by atoms with Gasteiger partial charge in [0.1, 0.15) is 10.1 Å². The SMILES string of the molecule is Nc1ccc(S(=O)(=O)[O-])c2ccccc12.[Li+]. The largest absolute Gasteiger partial charge is 1.00 e. The predicted molar refractivity (Wildman–Crippen MR) is 56.3 cm³/mol. The van der Waals surface area contributed by atoms with Gasteiger partial charge in [0.05, 0.1) is 4.90 Å². The van der Waals surface area contributed by atoms with E-state index in [-0.39, 0.29) is 23.8 Å². The van der Waals surface area contributed by atoms with Gasteiger partial charge in [-0.05, 0) is 12.1 Å². The molecule has 16 heavy (non-hydrogen) atoms. The van der Waals surface area contributed by atoms with Crippen molar-refractivity contribution < 1.29 is 31.8 Å². The molecule has 4 nitrogen and oxygen atoms in total. The summed E-state index contributed by atoms with van der Waals surface area (Å²) < 4.78 is 32.9. The van der Waals surface area contributed by atoms with Crippen LogP contribution in [0.15, 0.2) is 41.3 Å². The standard InChI is InChI=1S/C10H9NO3S.Li/c11-9-5-6-10(15(12,13)14)8-4-2-1-3-7(8)9;/h1-6H,11H2,(H,12,13,14);/q;+1/p-1. The van der Waals surface area contributed by atoms with Gasteiger partial charge in [-0.15, -0.1) is 0 Å². The van der Waals surface area contributed by atoms with Crippen LogP contribution in [0, 0.1) is 0 Å². The summed E-state index contributed by atoms with van der Waals surface area (Å²) in [5.74, 6) is 0. The van der Waals surface area contributed by atoms with Gasteiger partial charge in [-0.25, -0.2) is 8.42 Å². The zero-order valence-corrected chi connectivity index (χ0v) is 9.49. The number of anilines is 1. The minimum Gasteiger partial charge on any atom is -0.744 e. The molecule has 0 atom stereocenters. The van der Waals surface area contributed by atoms with Crippen molar-refractivity contribution in [3.05, 3.63) is 36.4 Å². The maximum Gasteiger partial charge on any atom is 1.00 e. The summed E-state index contributed by atoms with van der Waals surface area (Å²) in [7, 11) is -4.45. The van der Waals surface area contributed by atoms with E-state index in [4.69, 9.17) is 5.73 Å². The molecule has 0 amide bonds. The summed E-state index contributed by atoms with van der Waals surface area (Å²) in [6.45, 7) is 0. The molecule has 0 radical (unpaired) electrons. The number of nitrogens with two attached hydrogens (primary N) is 1. The minimum atomic E-state index is -4.45. The molecule has 0 heterocycles. The Bertz CT molecular complexity index is 625. The molecule has 0 unspecified atom stereocenters. The quantitative estimate of drug-likeness (QED) is 0.360. The molecule has 0 saturated heterocycles. The van der Waals surface area contributed by atoms with Gasteiger partial charge in [0, 0.05) is 16.5 Å². The summed E-state index contributed by atoms with van der Waals surface area (Å²) in [6.07, 6.45) is 0. The Hall–Kier alpha value is -0.993. The molecule has 2 N–H and O–H groups in total. The zero-order valence-electron chi connectivity index (χ0n) is 8.67. The monoisotopic (exact) mass is 229 g/mol. The van der Waals surface area contributed by atoms with Gasteiger partial charge >= 0.3 is 18.9 Å². The Labute approximate surface area is 105 Å². The van der Waals surface area contributed by atoms with Crippen LogP contribution in [-0.2, 0) is 10.1 Å². The topological polar surface area (TPSA) is 83.2 Å². The molecule has 0 fully saturated rings. The number of hydrogen-bond donors (Lipinski definition) is 1. The van der Waals surface area contributed by atoms with Crippen LogP contribution in [0.4, 0.5) is 5.69 Å². The summed E-state index contributed by atoms with van der Waals surface area (Å²) in [4.78, 5) is -0.229. The van der Waals surface area contributed by atoms with Crippen LogP contribution in [0.25, 0.3) is 10.8 Å². The third-order valence-electron chi connectivity index (χ3n) is 2.19. The molecule has 0 spiro atoms. The molecule has 0 aliphatic carbocycles. The van der Waals surface area contributed by atoms with E-state index in [1.54, 1.807) is 24.3 Å². The van der Waals surface area contributed by atoms with E-state index >= 15 is 0 Å². The third-order valence-corrected chi connectivity index (χ3v) is 3.08. The molecule has 2 rings (SSSR count). The van der Waals surface area contributed by atoms with E-state index in [0.29, 0.717) is 16.5 Å². The molecule has 0 saturated carbocycles. The van der Waals surface area contributed by atoms with Crippen molar-refractivity contribution in [1.29, 1.82) is 0 Å². The smallest absolute Gasteiger partial charge is 0.744 e. The van der Waals surface area contributed by atoms with Gasteiger partial charge in [0.15, 0.2) is 0 Å². The Kier molecular flexibility index (Phi) is 3.66. The first-order valence-corrected chi connectivity index (χ1v) is 5.64. The first-order chi connectivity index (χ1) is 7.00. The van der Waals surface area contributed by atoms with E-state index in [9.17, 15) is 13.0 Å². The van der Waals surface area contributed by atoms with Crippen molar-refractivity contribution in [1.82, 2.24) is 0 Å². The van der Waals surface area contributed by atoms with Crippen LogP contribution in [0.1, 0.15) is 0 Å². The van der Waals surface area contributed by atoms with Crippen LogP contribution >= 0.6 is 0 Å². The van der Waals surface area contributed by atoms with Crippen molar-refractivity contribution in [2.45, 2.75) is 4.90 Å². The van der Waals surface area contributed by atoms with Gasteiger partial charge in [-0.2, -0.15) is 0 Å². The number of fused-ring (bicyclic) bond motifs is 1. The van der Waals surface area contributed by atoms with Crippen LogP contribution in [0.5, 0.6) is 0 Å². The van der Waals surface area contributed by atoms with Crippen LogP contribution in [0.3, 0.4) is 0 Å². The second-order valence-corrected chi connectivity index (χ2v) is 4.50. The normalized spacial score (nSPS) is 11.1. The second kappa shape index (κ2) is 4.48. The molecule has 6 heteroatoms. The Morgan fingerprint density at radius 1 is 1.00 bits per heavy atom. The Balaban J connectivity index is 0.00000128. The fourth-order valence-electron chi connectivity index (χ4n) is 1.51. The van der Waals surface area contributed by atoms with E-state index in [1.807, 2.05) is 0 Å². The zero-order chi connectivity index (χ0) is 11.1. The molecule has 2 aromatic carbocycles. The molecule has 78 valence electrons. The first-order valence-electron chi connectivity index (χ1n) is 4.23. The second-order valence-electron chi connectivity index (χ2n) is 3.15. The fourth-order valence-corrected chi connectivity index (χ4v) is 2.19. The molecular formula is C10H8LiNO3S. The van der Waals surface area contributed by atoms with Gasteiger partial charge < -0.3 is 10.3 Å². The van der Waals surface area contributed by atoms with Gasteiger partial charge in [-0.3, -0.25) is 0 Å². The number of hydrogen-bond acceptors (Lipinski definition) is 4. The Morgan fingerprint density at radius 2 is 1.56 bits per heavy atom. The summed E-state index contributed by atoms with van der Waals surface area (Å²) >= 11 is 0. The van der Waals surface area contributed by atoms with E-state index in [0.717, 1.165) is 0 Å². The first kappa shape index (κ1) is 13.1. The summed E-state index contributed by atoms with van der Waals surface area (Å²) in [5, 5.41) is 0.946. The molecular weight excluding hydrogens is 221 g/mol. The maximum absolute atomic E-state index is 11.0. The van der Waals surface area contributed by atoms with Crippen LogP contribution in [0.2, 0.25) is 0 Å². The molecule has 0 aliphatic rings. The third kappa shape index (κ3) is 2.23. The van der Waals surface area contributed by atoms with Gasteiger partial charge in [-0.1, -0.05) is 24.3 Å². The van der Waals surface area contributed by atoms with E-state index < -0.39 is 10.1 Å². The number of nitrogen functional groups attached to an aromatic ring is 1. The number of rotatable bonds is 1. The van der Waals surface area contributed by atoms with Crippen molar-refractivity contribution in [3.63, 3.8) is 0 Å². The minimum absolute atomic E-state index is 0. The maximum atomic E-state index is 11.0. The predicted octanol–water partition coefficient (Wildman–Crippen LogP) is -1.67. The van der Waals surface area contributed by atoms with E-state index in [1.165, 1.54) is 12.1 Å². The van der Waals surface area contributed by atoms with Crippen LogP contribution < -0.4 is 24.6 Å². The number of benzene rings is 2. The van der Waals surface area contributed by atoms with Crippen LogP contribution in [-0.4, -0.2) is 13.0 Å². The average molecular weight is 229 g/mol. The van der Waals surface area contributed by atoms with E-state index in [2.05, 4.69) is 0 Å².